The maximum absolute atomic E-state index is 4.34. The standard InChI is InChI=1S/C15H20N4/c1-3-7-13(8-4-1)16-11-10-15-18-17-14-9-5-2-6-12-19(14)15/h1,3-4,7-8,16H,2,5-6,9-12H2. The summed E-state index contributed by atoms with van der Waals surface area (Å²) >= 11 is 0. The number of nitrogens with zero attached hydrogens (tertiary/aromatic N) is 3. The Hall–Kier alpha value is -1.84. The first-order valence-corrected chi connectivity index (χ1v) is 7.13. The number of aryl methyl sites for hydroxylation is 1. The van der Waals surface area contributed by atoms with Crippen molar-refractivity contribution in [1.82, 2.24) is 14.8 Å². The number of hydrogen-bond acceptors (Lipinski definition) is 3. The zero-order chi connectivity index (χ0) is 12.9. The third-order valence-corrected chi connectivity index (χ3v) is 3.64. The lowest BCUT2D eigenvalue weighted by Crippen LogP contribution is -2.11. The van der Waals surface area contributed by atoms with Gasteiger partial charge in [-0.15, -0.1) is 10.2 Å². The van der Waals surface area contributed by atoms with Crippen LogP contribution in [0, 0.1) is 0 Å². The Morgan fingerprint density at radius 2 is 1.95 bits per heavy atom. The number of anilines is 1. The quantitative estimate of drug-likeness (QED) is 0.914. The van der Waals surface area contributed by atoms with E-state index in [0.717, 1.165) is 37.4 Å². The summed E-state index contributed by atoms with van der Waals surface area (Å²) in [6, 6.07) is 10.3. The zero-order valence-electron chi connectivity index (χ0n) is 11.2. The minimum atomic E-state index is 0.905. The van der Waals surface area contributed by atoms with E-state index in [9.17, 15) is 0 Å². The first-order chi connectivity index (χ1) is 9.43. The Bertz CT molecular complexity index is 518. The first-order valence-electron chi connectivity index (χ1n) is 7.13. The summed E-state index contributed by atoms with van der Waals surface area (Å²) in [5.41, 5.74) is 1.16. The summed E-state index contributed by atoms with van der Waals surface area (Å²) in [5, 5.41) is 12.1. The first kappa shape index (κ1) is 12.2. The molecule has 0 unspecified atom stereocenters. The summed E-state index contributed by atoms with van der Waals surface area (Å²) in [4.78, 5) is 0. The molecule has 1 aliphatic heterocycles. The van der Waals surface area contributed by atoms with Gasteiger partial charge in [0.05, 0.1) is 0 Å². The molecule has 3 rings (SSSR count). The normalized spacial score (nSPS) is 14.7. The highest BCUT2D eigenvalue weighted by Crippen LogP contribution is 2.14. The van der Waals surface area contributed by atoms with Crippen molar-refractivity contribution >= 4 is 5.69 Å². The second-order valence-electron chi connectivity index (χ2n) is 5.04. The summed E-state index contributed by atoms with van der Waals surface area (Å²) in [6.07, 6.45) is 5.83. The summed E-state index contributed by atoms with van der Waals surface area (Å²) < 4.78 is 2.32. The highest BCUT2D eigenvalue weighted by molar-refractivity contribution is 5.42. The lowest BCUT2D eigenvalue weighted by atomic mass is 10.2. The molecule has 2 aromatic rings. The van der Waals surface area contributed by atoms with Gasteiger partial charge in [0.1, 0.15) is 11.6 Å². The van der Waals surface area contributed by atoms with Crippen molar-refractivity contribution in [2.24, 2.45) is 0 Å². The van der Waals surface area contributed by atoms with Gasteiger partial charge < -0.3 is 9.88 Å². The molecule has 1 aliphatic rings. The third-order valence-electron chi connectivity index (χ3n) is 3.64. The molecule has 4 nitrogen and oxygen atoms in total. The maximum Gasteiger partial charge on any atom is 0.134 e. The fourth-order valence-electron chi connectivity index (χ4n) is 2.60. The van der Waals surface area contributed by atoms with Crippen molar-refractivity contribution < 1.29 is 0 Å². The van der Waals surface area contributed by atoms with Gasteiger partial charge in [-0.3, -0.25) is 0 Å². The van der Waals surface area contributed by atoms with Gasteiger partial charge in [0.25, 0.3) is 0 Å². The van der Waals surface area contributed by atoms with Crippen LogP contribution in [0.1, 0.15) is 30.9 Å². The van der Waals surface area contributed by atoms with Crippen LogP contribution in [0.3, 0.4) is 0 Å². The average molecular weight is 256 g/mol. The fraction of sp³-hybridized carbons (Fsp3) is 0.467. The van der Waals surface area contributed by atoms with E-state index >= 15 is 0 Å². The van der Waals surface area contributed by atoms with Gasteiger partial charge in [-0.2, -0.15) is 0 Å². The van der Waals surface area contributed by atoms with Crippen LogP contribution in [0.25, 0.3) is 0 Å². The van der Waals surface area contributed by atoms with Crippen LogP contribution >= 0.6 is 0 Å². The SMILES string of the molecule is c1ccc(NCCc2nnc3n2CCCCC3)cc1. The maximum atomic E-state index is 4.34. The Balaban J connectivity index is 1.60. The Labute approximate surface area is 113 Å². The Kier molecular flexibility index (Phi) is 3.77. The summed E-state index contributed by atoms with van der Waals surface area (Å²) in [5.74, 6) is 2.30. The van der Waals surface area contributed by atoms with E-state index in [-0.39, 0.29) is 0 Å². The molecular weight excluding hydrogens is 236 g/mol. The molecule has 1 aromatic carbocycles. The van der Waals surface area contributed by atoms with Gasteiger partial charge in [0.2, 0.25) is 0 Å². The van der Waals surface area contributed by atoms with E-state index in [2.05, 4.69) is 32.2 Å². The van der Waals surface area contributed by atoms with Crippen molar-refractivity contribution in [2.45, 2.75) is 38.6 Å². The van der Waals surface area contributed by atoms with Gasteiger partial charge in [0.15, 0.2) is 0 Å². The van der Waals surface area contributed by atoms with Crippen LogP contribution in [0.5, 0.6) is 0 Å². The van der Waals surface area contributed by atoms with Crippen molar-refractivity contribution in [3.63, 3.8) is 0 Å². The number of benzene rings is 1. The fourth-order valence-corrected chi connectivity index (χ4v) is 2.60. The molecule has 0 saturated heterocycles. The molecule has 0 aliphatic carbocycles. The molecule has 0 fully saturated rings. The highest BCUT2D eigenvalue weighted by atomic mass is 15.3. The molecule has 0 atom stereocenters. The molecule has 100 valence electrons. The monoisotopic (exact) mass is 256 g/mol. The second kappa shape index (κ2) is 5.87. The van der Waals surface area contributed by atoms with E-state index in [0.29, 0.717) is 0 Å². The van der Waals surface area contributed by atoms with Gasteiger partial charge in [-0.1, -0.05) is 24.6 Å². The summed E-state index contributed by atoms with van der Waals surface area (Å²) in [7, 11) is 0. The van der Waals surface area contributed by atoms with E-state index in [1.165, 1.54) is 25.1 Å². The topological polar surface area (TPSA) is 42.7 Å². The number of nitrogens with one attached hydrogen (secondary N) is 1. The molecule has 0 radical (unpaired) electrons. The van der Waals surface area contributed by atoms with E-state index in [1.807, 2.05) is 18.2 Å². The number of fused-ring (bicyclic) bond motifs is 1. The minimum Gasteiger partial charge on any atom is -0.385 e. The van der Waals surface area contributed by atoms with Crippen molar-refractivity contribution in [3.05, 3.63) is 42.0 Å². The van der Waals surface area contributed by atoms with Crippen LogP contribution in [0.15, 0.2) is 30.3 Å². The number of aromatic nitrogens is 3. The minimum absolute atomic E-state index is 0.905. The van der Waals surface area contributed by atoms with Gasteiger partial charge in [-0.25, -0.2) is 0 Å². The predicted octanol–water partition coefficient (Wildman–Crippen LogP) is 2.66. The van der Waals surface area contributed by atoms with Gasteiger partial charge in [0, 0.05) is 31.6 Å². The molecule has 0 spiro atoms. The Morgan fingerprint density at radius 1 is 1.05 bits per heavy atom. The molecule has 0 saturated carbocycles. The molecule has 4 heteroatoms. The van der Waals surface area contributed by atoms with Crippen molar-refractivity contribution in [1.29, 1.82) is 0 Å². The molecule has 1 N–H and O–H groups in total. The van der Waals surface area contributed by atoms with E-state index in [1.54, 1.807) is 0 Å². The molecule has 2 heterocycles. The lowest BCUT2D eigenvalue weighted by Gasteiger charge is -2.08. The number of para-hydroxylation sites is 1. The average Bonchev–Trinajstić information content (AvgIpc) is 2.69. The van der Waals surface area contributed by atoms with Crippen LogP contribution < -0.4 is 5.32 Å². The smallest absolute Gasteiger partial charge is 0.134 e. The summed E-state index contributed by atoms with van der Waals surface area (Å²) in [6.45, 7) is 1.99. The highest BCUT2D eigenvalue weighted by Gasteiger charge is 2.13. The molecule has 0 bridgehead atoms. The van der Waals surface area contributed by atoms with Crippen LogP contribution in [0.2, 0.25) is 0 Å². The zero-order valence-corrected chi connectivity index (χ0v) is 11.2. The molecule has 19 heavy (non-hydrogen) atoms. The van der Waals surface area contributed by atoms with E-state index in [4.69, 9.17) is 0 Å². The Morgan fingerprint density at radius 3 is 2.84 bits per heavy atom. The second-order valence-corrected chi connectivity index (χ2v) is 5.04. The van der Waals surface area contributed by atoms with E-state index < -0.39 is 0 Å². The molecule has 0 amide bonds. The largest absolute Gasteiger partial charge is 0.385 e. The third kappa shape index (κ3) is 2.95. The van der Waals surface area contributed by atoms with Gasteiger partial charge in [-0.05, 0) is 25.0 Å². The number of rotatable bonds is 4. The molecular formula is C15H20N4. The van der Waals surface area contributed by atoms with Crippen molar-refractivity contribution in [3.8, 4) is 0 Å². The van der Waals surface area contributed by atoms with Crippen LogP contribution in [-0.4, -0.2) is 21.3 Å². The predicted molar refractivity (Wildman–Crippen MR) is 76.2 cm³/mol. The number of hydrogen-bond donors (Lipinski definition) is 1. The van der Waals surface area contributed by atoms with Crippen LogP contribution in [0.4, 0.5) is 5.69 Å². The van der Waals surface area contributed by atoms with Gasteiger partial charge >= 0.3 is 0 Å². The molecule has 1 aromatic heterocycles. The van der Waals surface area contributed by atoms with Crippen LogP contribution in [-0.2, 0) is 19.4 Å². The lowest BCUT2D eigenvalue weighted by molar-refractivity contribution is 0.606. The van der Waals surface area contributed by atoms with Crippen molar-refractivity contribution in [2.75, 3.05) is 11.9 Å².